The van der Waals surface area contributed by atoms with Crippen molar-refractivity contribution in [2.75, 3.05) is 12.0 Å². The molecule has 0 saturated heterocycles. The number of hydrogen-bond donors (Lipinski definition) is 1. The molecule has 1 amide bonds. The van der Waals surface area contributed by atoms with E-state index in [2.05, 4.69) is 28.0 Å². The van der Waals surface area contributed by atoms with Gasteiger partial charge >= 0.3 is 0 Å². The molecule has 0 aliphatic heterocycles. The molecule has 0 aliphatic rings. The number of para-hydroxylation sites is 1. The van der Waals surface area contributed by atoms with Gasteiger partial charge < -0.3 is 4.74 Å². The summed E-state index contributed by atoms with van der Waals surface area (Å²) >= 11 is 2.18. The van der Waals surface area contributed by atoms with Crippen molar-refractivity contribution >= 4 is 28.5 Å². The summed E-state index contributed by atoms with van der Waals surface area (Å²) in [6.07, 6.45) is 0. The Balaban J connectivity index is 1.94. The van der Waals surface area contributed by atoms with E-state index in [1.807, 2.05) is 50.2 Å². The van der Waals surface area contributed by atoms with Crippen molar-refractivity contribution in [3.63, 3.8) is 0 Å². The predicted molar refractivity (Wildman–Crippen MR) is 82.9 cm³/mol. The number of aryl methyl sites for hydroxylation is 2. The first-order chi connectivity index (χ1) is 9.08. The molecule has 1 heterocycles. The zero-order chi connectivity index (χ0) is 13.8. The summed E-state index contributed by atoms with van der Waals surface area (Å²) in [7, 11) is 0. The maximum absolute atomic E-state index is 11.8. The van der Waals surface area contributed by atoms with Gasteiger partial charge in [-0.2, -0.15) is 0 Å². The average Bonchev–Trinajstić information content (AvgIpc) is 2.70. The summed E-state index contributed by atoms with van der Waals surface area (Å²) in [5.74, 6) is 0.543. The normalized spacial score (nSPS) is 10.3. The van der Waals surface area contributed by atoms with Gasteiger partial charge in [0.15, 0.2) is 6.61 Å². The molecule has 2 aromatic rings. The molecule has 2 rings (SSSR count). The van der Waals surface area contributed by atoms with Crippen molar-refractivity contribution in [1.29, 1.82) is 0 Å². The van der Waals surface area contributed by atoms with Crippen molar-refractivity contribution < 1.29 is 9.53 Å². The highest BCUT2D eigenvalue weighted by molar-refractivity contribution is 14.1. The first kappa shape index (κ1) is 13.9. The number of carbonyl (C=O) groups excluding carboxylic acids is 1. The molecule has 0 atom stereocenters. The van der Waals surface area contributed by atoms with E-state index in [9.17, 15) is 4.79 Å². The van der Waals surface area contributed by atoms with Crippen LogP contribution in [-0.2, 0) is 4.79 Å². The van der Waals surface area contributed by atoms with Crippen LogP contribution in [0.1, 0.15) is 11.4 Å². The van der Waals surface area contributed by atoms with E-state index in [1.54, 1.807) is 4.68 Å². The second-order valence-electron chi connectivity index (χ2n) is 4.21. The van der Waals surface area contributed by atoms with Gasteiger partial charge in [0.05, 0.1) is 3.57 Å². The molecule has 1 aromatic heterocycles. The molecular weight excluding hydrogens is 355 g/mol. The van der Waals surface area contributed by atoms with Gasteiger partial charge in [0.25, 0.3) is 5.91 Å². The van der Waals surface area contributed by atoms with Crippen molar-refractivity contribution in [3.05, 3.63) is 51.4 Å². The molecule has 1 N–H and O–H groups in total. The molecule has 0 saturated carbocycles. The number of halogens is 1. The lowest BCUT2D eigenvalue weighted by molar-refractivity contribution is -0.119. The van der Waals surface area contributed by atoms with Crippen LogP contribution in [0.2, 0.25) is 0 Å². The Labute approximate surface area is 125 Å². The Morgan fingerprint density at radius 2 is 1.84 bits per heavy atom. The Hall–Kier alpha value is -1.50. The number of aromatic nitrogens is 1. The molecule has 0 aliphatic carbocycles. The fourth-order valence-electron chi connectivity index (χ4n) is 1.71. The van der Waals surface area contributed by atoms with Crippen LogP contribution >= 0.6 is 22.6 Å². The summed E-state index contributed by atoms with van der Waals surface area (Å²) in [5.41, 5.74) is 4.77. The number of ether oxygens (including phenoxy) is 1. The molecule has 4 nitrogen and oxygen atoms in total. The van der Waals surface area contributed by atoms with Crippen LogP contribution in [0, 0.1) is 17.4 Å². The third kappa shape index (κ3) is 3.50. The SMILES string of the molecule is Cc1ccc(C)n1NC(=O)COc1ccccc1I. The Bertz CT molecular complexity index is 573. The molecule has 5 heteroatoms. The summed E-state index contributed by atoms with van der Waals surface area (Å²) in [4.78, 5) is 11.8. The van der Waals surface area contributed by atoms with Gasteiger partial charge in [-0.05, 0) is 60.7 Å². The number of nitrogens with zero attached hydrogens (tertiary/aromatic N) is 1. The van der Waals surface area contributed by atoms with Crippen molar-refractivity contribution in [2.45, 2.75) is 13.8 Å². The smallest absolute Gasteiger partial charge is 0.276 e. The van der Waals surface area contributed by atoms with E-state index >= 15 is 0 Å². The van der Waals surface area contributed by atoms with Crippen molar-refractivity contribution in [2.24, 2.45) is 0 Å². The quantitative estimate of drug-likeness (QED) is 0.842. The minimum atomic E-state index is -0.179. The van der Waals surface area contributed by atoms with E-state index in [-0.39, 0.29) is 12.5 Å². The van der Waals surface area contributed by atoms with Crippen LogP contribution in [0.4, 0.5) is 0 Å². The highest BCUT2D eigenvalue weighted by Gasteiger charge is 2.07. The lowest BCUT2D eigenvalue weighted by Crippen LogP contribution is -2.29. The molecule has 0 spiro atoms. The zero-order valence-electron chi connectivity index (χ0n) is 10.8. The monoisotopic (exact) mass is 370 g/mol. The summed E-state index contributed by atoms with van der Waals surface area (Å²) < 4.78 is 8.23. The van der Waals surface area contributed by atoms with Gasteiger partial charge in [0, 0.05) is 11.4 Å². The third-order valence-electron chi connectivity index (χ3n) is 2.70. The highest BCUT2D eigenvalue weighted by Crippen LogP contribution is 2.19. The van der Waals surface area contributed by atoms with Gasteiger partial charge in [-0.3, -0.25) is 14.9 Å². The Morgan fingerprint density at radius 3 is 2.47 bits per heavy atom. The van der Waals surface area contributed by atoms with Gasteiger partial charge in [0.1, 0.15) is 5.75 Å². The van der Waals surface area contributed by atoms with Crippen LogP contribution in [0.3, 0.4) is 0 Å². The van der Waals surface area contributed by atoms with Crippen molar-refractivity contribution in [3.8, 4) is 5.75 Å². The van der Waals surface area contributed by atoms with E-state index in [4.69, 9.17) is 4.74 Å². The first-order valence-electron chi connectivity index (χ1n) is 5.90. The number of rotatable bonds is 4. The van der Waals surface area contributed by atoms with Gasteiger partial charge in [-0.1, -0.05) is 12.1 Å². The molecule has 1 aromatic carbocycles. The molecule has 100 valence electrons. The third-order valence-corrected chi connectivity index (χ3v) is 3.59. The molecule has 19 heavy (non-hydrogen) atoms. The number of carbonyl (C=O) groups is 1. The van der Waals surface area contributed by atoms with E-state index in [0.717, 1.165) is 20.7 Å². The molecule has 0 fully saturated rings. The Kier molecular flexibility index (Phi) is 4.47. The fourth-order valence-corrected chi connectivity index (χ4v) is 2.25. The van der Waals surface area contributed by atoms with Crippen LogP contribution in [-0.4, -0.2) is 17.2 Å². The molecule has 0 bridgehead atoms. The number of nitrogens with one attached hydrogen (secondary N) is 1. The zero-order valence-corrected chi connectivity index (χ0v) is 13.0. The average molecular weight is 370 g/mol. The van der Waals surface area contributed by atoms with Crippen LogP contribution < -0.4 is 10.2 Å². The second kappa shape index (κ2) is 6.10. The lowest BCUT2D eigenvalue weighted by Gasteiger charge is -2.12. The summed E-state index contributed by atoms with van der Waals surface area (Å²) in [6, 6.07) is 11.5. The maximum atomic E-state index is 11.8. The lowest BCUT2D eigenvalue weighted by atomic mass is 10.3. The van der Waals surface area contributed by atoms with Gasteiger partial charge in [-0.15, -0.1) is 0 Å². The molecular formula is C14H15IN2O2. The minimum absolute atomic E-state index is 0.00290. The Morgan fingerprint density at radius 1 is 1.21 bits per heavy atom. The number of hydrogen-bond acceptors (Lipinski definition) is 2. The first-order valence-corrected chi connectivity index (χ1v) is 6.98. The van der Waals surface area contributed by atoms with E-state index in [0.29, 0.717) is 0 Å². The van der Waals surface area contributed by atoms with Crippen LogP contribution in [0.5, 0.6) is 5.75 Å². The van der Waals surface area contributed by atoms with E-state index in [1.165, 1.54) is 0 Å². The maximum Gasteiger partial charge on any atom is 0.276 e. The fraction of sp³-hybridized carbons (Fsp3) is 0.214. The topological polar surface area (TPSA) is 43.3 Å². The van der Waals surface area contributed by atoms with Gasteiger partial charge in [0.2, 0.25) is 0 Å². The van der Waals surface area contributed by atoms with Crippen molar-refractivity contribution in [1.82, 2.24) is 4.68 Å². The predicted octanol–water partition coefficient (Wildman–Crippen LogP) is 2.86. The number of benzene rings is 1. The van der Waals surface area contributed by atoms with Crippen LogP contribution in [0.15, 0.2) is 36.4 Å². The largest absolute Gasteiger partial charge is 0.483 e. The highest BCUT2D eigenvalue weighted by atomic mass is 127. The molecule has 0 radical (unpaired) electrons. The second-order valence-corrected chi connectivity index (χ2v) is 5.37. The van der Waals surface area contributed by atoms with Gasteiger partial charge in [-0.25, -0.2) is 0 Å². The standard InChI is InChI=1S/C14H15IN2O2/c1-10-7-8-11(2)17(10)16-14(18)9-19-13-6-4-3-5-12(13)15/h3-8H,9H2,1-2H3,(H,16,18). The minimum Gasteiger partial charge on any atom is -0.483 e. The summed E-state index contributed by atoms with van der Waals surface area (Å²) in [5, 5.41) is 0. The molecule has 0 unspecified atom stereocenters. The van der Waals surface area contributed by atoms with Crippen LogP contribution in [0.25, 0.3) is 0 Å². The number of amides is 1. The summed E-state index contributed by atoms with van der Waals surface area (Å²) in [6.45, 7) is 3.87. The van der Waals surface area contributed by atoms with E-state index < -0.39 is 0 Å².